The first kappa shape index (κ1) is 21.1. The van der Waals surface area contributed by atoms with Crippen LogP contribution < -0.4 is 5.32 Å². The van der Waals surface area contributed by atoms with Gasteiger partial charge in [0.2, 0.25) is 5.91 Å². The summed E-state index contributed by atoms with van der Waals surface area (Å²) < 4.78 is 0. The van der Waals surface area contributed by atoms with E-state index in [0.29, 0.717) is 24.5 Å². The summed E-state index contributed by atoms with van der Waals surface area (Å²) in [5, 5.41) is 2.99. The molecular formula is C19H37NO2. The maximum absolute atomic E-state index is 11.4. The van der Waals surface area contributed by atoms with Crippen molar-refractivity contribution in [2.75, 3.05) is 6.54 Å². The second kappa shape index (κ2) is 15.1. The minimum Gasteiger partial charge on any atom is -0.356 e. The maximum atomic E-state index is 11.4. The Kier molecular flexibility index (Phi) is 14.5. The molecule has 22 heavy (non-hydrogen) atoms. The van der Waals surface area contributed by atoms with Crippen LogP contribution in [0.25, 0.3) is 0 Å². The van der Waals surface area contributed by atoms with E-state index < -0.39 is 0 Å². The van der Waals surface area contributed by atoms with Gasteiger partial charge in [0.15, 0.2) is 0 Å². The van der Waals surface area contributed by atoms with Crippen LogP contribution in [-0.4, -0.2) is 18.2 Å². The van der Waals surface area contributed by atoms with Gasteiger partial charge in [-0.05, 0) is 18.8 Å². The molecule has 3 nitrogen and oxygen atoms in total. The molecular weight excluding hydrogens is 274 g/mol. The summed E-state index contributed by atoms with van der Waals surface area (Å²) in [6.45, 7) is 6.91. The van der Waals surface area contributed by atoms with Crippen molar-refractivity contribution in [3.05, 3.63) is 0 Å². The summed E-state index contributed by atoms with van der Waals surface area (Å²) in [4.78, 5) is 22.6. The van der Waals surface area contributed by atoms with Crippen molar-refractivity contribution in [1.82, 2.24) is 5.32 Å². The van der Waals surface area contributed by atoms with Crippen molar-refractivity contribution in [3.63, 3.8) is 0 Å². The number of amides is 1. The Balaban J connectivity index is 3.14. The van der Waals surface area contributed by atoms with E-state index in [-0.39, 0.29) is 5.91 Å². The molecule has 0 heterocycles. The van der Waals surface area contributed by atoms with E-state index in [1.807, 2.05) is 6.92 Å². The summed E-state index contributed by atoms with van der Waals surface area (Å²) in [5.74, 6) is 1.04. The Bertz CT molecular complexity index is 287. The molecule has 0 aromatic carbocycles. The molecule has 3 heteroatoms. The zero-order valence-corrected chi connectivity index (χ0v) is 15.1. The molecule has 0 radical (unpaired) electrons. The average molecular weight is 312 g/mol. The summed E-state index contributed by atoms with van der Waals surface area (Å²) >= 11 is 0. The lowest BCUT2D eigenvalue weighted by Crippen LogP contribution is -2.25. The predicted octanol–water partition coefficient (Wildman–Crippen LogP) is 5.03. The van der Waals surface area contributed by atoms with Crippen molar-refractivity contribution in [2.24, 2.45) is 5.92 Å². The molecule has 0 aliphatic rings. The van der Waals surface area contributed by atoms with Crippen LogP contribution in [0.1, 0.15) is 97.8 Å². The molecule has 130 valence electrons. The summed E-state index contributed by atoms with van der Waals surface area (Å²) in [7, 11) is 0. The van der Waals surface area contributed by atoms with Crippen LogP contribution in [0.15, 0.2) is 0 Å². The molecule has 0 aromatic rings. The second-order valence-electron chi connectivity index (χ2n) is 6.77. The average Bonchev–Trinajstić information content (AvgIpc) is 2.47. The number of Topliss-reactive ketones (excluding diaryl/α,β-unsaturated/α-hetero) is 1. The van der Waals surface area contributed by atoms with Crippen LogP contribution >= 0.6 is 0 Å². The number of carbonyl (C=O) groups is 2. The number of unbranched alkanes of at least 4 members (excludes halogenated alkanes) is 8. The molecule has 0 aliphatic carbocycles. The van der Waals surface area contributed by atoms with Crippen LogP contribution in [0.2, 0.25) is 0 Å². The first-order valence-electron chi connectivity index (χ1n) is 9.34. The van der Waals surface area contributed by atoms with Gasteiger partial charge in [-0.25, -0.2) is 0 Å². The topological polar surface area (TPSA) is 46.2 Å². The quantitative estimate of drug-likeness (QED) is 0.431. The highest BCUT2D eigenvalue weighted by molar-refractivity contribution is 5.77. The number of hydrogen-bond acceptors (Lipinski definition) is 2. The van der Waals surface area contributed by atoms with Crippen molar-refractivity contribution in [1.29, 1.82) is 0 Å². The van der Waals surface area contributed by atoms with Gasteiger partial charge in [-0.3, -0.25) is 9.59 Å². The molecule has 0 atom stereocenters. The Labute approximate surface area is 137 Å². The standard InChI is InChI=1S/C19H37NO2/c1-4-18(21)14-12-10-8-6-5-7-9-11-13-15-20-19(22)16-17(2)3/h17H,4-16H2,1-3H3,(H,20,22). The third-order valence-corrected chi connectivity index (χ3v) is 3.94. The summed E-state index contributed by atoms with van der Waals surface area (Å²) in [5.41, 5.74) is 0. The lowest BCUT2D eigenvalue weighted by molar-refractivity contribution is -0.122. The van der Waals surface area contributed by atoms with Gasteiger partial charge in [0.1, 0.15) is 5.78 Å². The Morgan fingerprint density at radius 3 is 1.82 bits per heavy atom. The molecule has 0 aromatic heterocycles. The number of hydrogen-bond donors (Lipinski definition) is 1. The third-order valence-electron chi connectivity index (χ3n) is 3.94. The fourth-order valence-corrected chi connectivity index (χ4v) is 2.53. The highest BCUT2D eigenvalue weighted by Crippen LogP contribution is 2.11. The second-order valence-corrected chi connectivity index (χ2v) is 6.77. The molecule has 0 saturated carbocycles. The number of carbonyl (C=O) groups excluding carboxylic acids is 2. The minimum atomic E-state index is 0.191. The highest BCUT2D eigenvalue weighted by Gasteiger charge is 2.03. The zero-order valence-electron chi connectivity index (χ0n) is 15.1. The smallest absolute Gasteiger partial charge is 0.220 e. The first-order chi connectivity index (χ1) is 10.6. The zero-order chi connectivity index (χ0) is 16.6. The van der Waals surface area contributed by atoms with Gasteiger partial charge >= 0.3 is 0 Å². The minimum absolute atomic E-state index is 0.191. The van der Waals surface area contributed by atoms with Gasteiger partial charge < -0.3 is 5.32 Å². The summed E-state index contributed by atoms with van der Waals surface area (Å²) in [6.07, 6.45) is 13.1. The van der Waals surface area contributed by atoms with E-state index >= 15 is 0 Å². The fourth-order valence-electron chi connectivity index (χ4n) is 2.53. The van der Waals surface area contributed by atoms with Gasteiger partial charge in [-0.1, -0.05) is 65.7 Å². The monoisotopic (exact) mass is 311 g/mol. The van der Waals surface area contributed by atoms with Crippen LogP contribution in [-0.2, 0) is 9.59 Å². The first-order valence-corrected chi connectivity index (χ1v) is 9.34. The van der Waals surface area contributed by atoms with Crippen LogP contribution in [0.3, 0.4) is 0 Å². The van der Waals surface area contributed by atoms with E-state index in [1.165, 1.54) is 44.9 Å². The number of ketones is 1. The molecule has 0 rings (SSSR count). The third kappa shape index (κ3) is 15.5. The molecule has 0 saturated heterocycles. The SMILES string of the molecule is CCC(=O)CCCCCCCCCCCNC(=O)CC(C)C. The van der Waals surface area contributed by atoms with Crippen LogP contribution in [0.5, 0.6) is 0 Å². The highest BCUT2D eigenvalue weighted by atomic mass is 16.1. The van der Waals surface area contributed by atoms with Gasteiger partial charge in [-0.15, -0.1) is 0 Å². The van der Waals surface area contributed by atoms with Crippen LogP contribution in [0, 0.1) is 5.92 Å². The van der Waals surface area contributed by atoms with Crippen molar-refractivity contribution in [2.45, 2.75) is 97.8 Å². The lowest BCUT2D eigenvalue weighted by Gasteiger charge is -2.07. The molecule has 0 spiro atoms. The molecule has 0 aliphatic heterocycles. The van der Waals surface area contributed by atoms with Gasteiger partial charge in [0.05, 0.1) is 0 Å². The van der Waals surface area contributed by atoms with Gasteiger partial charge in [0.25, 0.3) is 0 Å². The lowest BCUT2D eigenvalue weighted by atomic mass is 10.0. The van der Waals surface area contributed by atoms with Gasteiger partial charge in [-0.2, -0.15) is 0 Å². The van der Waals surface area contributed by atoms with Crippen molar-refractivity contribution < 1.29 is 9.59 Å². The van der Waals surface area contributed by atoms with E-state index in [0.717, 1.165) is 25.8 Å². The molecule has 0 bridgehead atoms. The van der Waals surface area contributed by atoms with Crippen LogP contribution in [0.4, 0.5) is 0 Å². The summed E-state index contributed by atoms with van der Waals surface area (Å²) in [6, 6.07) is 0. The van der Waals surface area contributed by atoms with Crippen molar-refractivity contribution >= 4 is 11.7 Å². The van der Waals surface area contributed by atoms with E-state index in [4.69, 9.17) is 0 Å². The van der Waals surface area contributed by atoms with Gasteiger partial charge in [0, 0.05) is 25.8 Å². The molecule has 0 unspecified atom stereocenters. The normalized spacial score (nSPS) is 10.9. The van der Waals surface area contributed by atoms with E-state index in [1.54, 1.807) is 0 Å². The fraction of sp³-hybridized carbons (Fsp3) is 0.895. The maximum Gasteiger partial charge on any atom is 0.220 e. The Morgan fingerprint density at radius 2 is 1.32 bits per heavy atom. The number of nitrogens with one attached hydrogen (secondary N) is 1. The van der Waals surface area contributed by atoms with Crippen molar-refractivity contribution in [3.8, 4) is 0 Å². The molecule has 1 N–H and O–H groups in total. The van der Waals surface area contributed by atoms with E-state index in [9.17, 15) is 9.59 Å². The van der Waals surface area contributed by atoms with E-state index in [2.05, 4.69) is 19.2 Å². The molecule has 0 fully saturated rings. The number of rotatable bonds is 15. The molecule has 1 amide bonds. The Hall–Kier alpha value is -0.860. The Morgan fingerprint density at radius 1 is 0.818 bits per heavy atom. The largest absolute Gasteiger partial charge is 0.356 e. The predicted molar refractivity (Wildman–Crippen MR) is 93.9 cm³/mol.